The molecule has 3 aromatic rings. The Morgan fingerprint density at radius 3 is 1.88 bits per heavy atom. The molecule has 3 aromatic heterocycles. The Kier molecular flexibility index (Phi) is 5.63. The third-order valence-electron chi connectivity index (χ3n) is 4.38. The maximum atomic E-state index is 13.0. The number of aliphatic hydroxyl groups is 1. The second-order valence-corrected chi connectivity index (χ2v) is 8.34. The minimum Gasteiger partial charge on any atom is -0.384 e. The number of sulfone groups is 1. The van der Waals surface area contributed by atoms with Crippen molar-refractivity contribution in [3.05, 3.63) is 60.6 Å². The molecule has 0 atom stereocenters. The molecule has 3 heterocycles. The van der Waals surface area contributed by atoms with Gasteiger partial charge in [0.1, 0.15) is 5.82 Å². The van der Waals surface area contributed by atoms with Crippen LogP contribution in [0.1, 0.15) is 5.56 Å². The van der Waals surface area contributed by atoms with Crippen LogP contribution in [0.4, 0.5) is 32.2 Å². The van der Waals surface area contributed by atoms with Gasteiger partial charge in [0.05, 0.1) is 10.6 Å². The van der Waals surface area contributed by atoms with Gasteiger partial charge >= 0.3 is 12.4 Å². The van der Waals surface area contributed by atoms with E-state index in [4.69, 9.17) is 5.73 Å². The number of hydrogen-bond donors (Lipinski definition) is 2. The largest absolute Gasteiger partial charge is 0.430 e. The molecule has 3 N–H and O–H groups in total. The lowest BCUT2D eigenvalue weighted by Gasteiger charge is -2.32. The minimum absolute atomic E-state index is 0.102. The monoisotopic (exact) mass is 478 g/mol. The highest BCUT2D eigenvalue weighted by Gasteiger charge is 2.71. The molecule has 0 aromatic carbocycles. The molecule has 0 fully saturated rings. The highest BCUT2D eigenvalue weighted by Crippen LogP contribution is 2.49. The fourth-order valence-electron chi connectivity index (χ4n) is 2.63. The summed E-state index contributed by atoms with van der Waals surface area (Å²) in [5.41, 5.74) is -1.22. The van der Waals surface area contributed by atoms with E-state index in [0.29, 0.717) is 6.07 Å². The zero-order valence-corrected chi connectivity index (χ0v) is 16.4. The van der Waals surface area contributed by atoms with E-state index in [1.54, 1.807) is 0 Å². The summed E-state index contributed by atoms with van der Waals surface area (Å²) in [5.74, 6) is 0.102. The van der Waals surface area contributed by atoms with Gasteiger partial charge in [-0.05, 0) is 30.3 Å². The van der Waals surface area contributed by atoms with E-state index in [1.807, 2.05) is 0 Å². The number of nitrogen functional groups attached to an aromatic ring is 1. The lowest BCUT2D eigenvalue weighted by molar-refractivity contribution is -0.376. The lowest BCUT2D eigenvalue weighted by Crippen LogP contribution is -2.53. The van der Waals surface area contributed by atoms with Crippen molar-refractivity contribution in [3.63, 3.8) is 0 Å². The van der Waals surface area contributed by atoms with Crippen molar-refractivity contribution < 1.29 is 39.9 Å². The highest BCUT2D eigenvalue weighted by molar-refractivity contribution is 7.91. The van der Waals surface area contributed by atoms with Crippen molar-refractivity contribution in [1.82, 2.24) is 15.0 Å². The molecule has 0 aliphatic carbocycles. The third kappa shape index (κ3) is 3.98. The van der Waals surface area contributed by atoms with Crippen molar-refractivity contribution in [3.8, 4) is 11.3 Å². The van der Waals surface area contributed by atoms with Gasteiger partial charge in [-0.25, -0.2) is 18.4 Å². The Balaban J connectivity index is 1.93. The highest BCUT2D eigenvalue weighted by atomic mass is 32.2. The Hall–Kier alpha value is -3.26. The van der Waals surface area contributed by atoms with Crippen LogP contribution in [0, 0.1) is 0 Å². The van der Waals surface area contributed by atoms with E-state index in [0.717, 1.165) is 24.5 Å². The van der Waals surface area contributed by atoms with Gasteiger partial charge in [-0.2, -0.15) is 26.3 Å². The van der Waals surface area contributed by atoms with E-state index >= 15 is 0 Å². The zero-order valence-electron chi connectivity index (χ0n) is 15.6. The second-order valence-electron chi connectivity index (χ2n) is 6.45. The van der Waals surface area contributed by atoms with Gasteiger partial charge < -0.3 is 10.8 Å². The number of hydrogen-bond acceptors (Lipinski definition) is 7. The summed E-state index contributed by atoms with van der Waals surface area (Å²) in [4.78, 5) is 10.8. The number of aromatic nitrogens is 3. The molecular formula is C18H12F6N4O3S. The van der Waals surface area contributed by atoms with Crippen molar-refractivity contribution >= 4 is 15.7 Å². The summed E-state index contributed by atoms with van der Waals surface area (Å²) in [7, 11) is -4.05. The molecule has 0 bridgehead atoms. The molecule has 0 saturated heterocycles. The van der Waals surface area contributed by atoms with E-state index in [1.165, 1.54) is 18.2 Å². The fourth-order valence-corrected chi connectivity index (χ4v) is 3.75. The van der Waals surface area contributed by atoms with Crippen LogP contribution in [0.3, 0.4) is 0 Å². The minimum atomic E-state index is -6.04. The molecule has 14 heteroatoms. The second kappa shape index (κ2) is 7.70. The Morgan fingerprint density at radius 2 is 1.44 bits per heavy atom. The Bertz CT molecular complexity index is 1200. The van der Waals surface area contributed by atoms with Crippen LogP contribution in [-0.2, 0) is 15.4 Å². The quantitative estimate of drug-likeness (QED) is 0.553. The summed E-state index contributed by atoms with van der Waals surface area (Å²) < 4.78 is 103. The number of nitrogens with zero attached hydrogens (tertiary/aromatic N) is 3. The molecule has 7 nitrogen and oxygen atoms in total. The fraction of sp³-hybridized carbons (Fsp3) is 0.167. The average molecular weight is 478 g/mol. The normalized spacial score (nSPS) is 13.2. The summed E-state index contributed by atoms with van der Waals surface area (Å²) in [6.45, 7) is 0. The number of pyridine rings is 3. The van der Waals surface area contributed by atoms with Gasteiger partial charge in [0, 0.05) is 29.7 Å². The molecule has 0 radical (unpaired) electrons. The first-order valence-electron chi connectivity index (χ1n) is 8.43. The Labute approximate surface area is 176 Å². The maximum Gasteiger partial charge on any atom is 0.430 e. The molecule has 0 aliphatic heterocycles. The number of anilines is 1. The van der Waals surface area contributed by atoms with Crippen LogP contribution < -0.4 is 5.73 Å². The topological polar surface area (TPSA) is 119 Å². The molecule has 3 rings (SSSR count). The van der Waals surface area contributed by atoms with Crippen LogP contribution in [0.2, 0.25) is 0 Å². The van der Waals surface area contributed by atoms with E-state index in [9.17, 15) is 39.9 Å². The van der Waals surface area contributed by atoms with E-state index < -0.39 is 33.4 Å². The molecule has 0 saturated carbocycles. The van der Waals surface area contributed by atoms with Crippen LogP contribution in [0.5, 0.6) is 0 Å². The first-order valence-corrected chi connectivity index (χ1v) is 9.91. The number of halogens is 6. The first kappa shape index (κ1) is 23.4. The molecule has 32 heavy (non-hydrogen) atoms. The van der Waals surface area contributed by atoms with E-state index in [-0.39, 0.29) is 33.2 Å². The van der Waals surface area contributed by atoms with Gasteiger partial charge in [-0.1, -0.05) is 6.07 Å². The van der Waals surface area contributed by atoms with Crippen molar-refractivity contribution in [2.45, 2.75) is 27.9 Å². The van der Waals surface area contributed by atoms with Crippen LogP contribution >= 0.6 is 0 Å². The number of alkyl halides is 6. The van der Waals surface area contributed by atoms with Crippen molar-refractivity contribution in [1.29, 1.82) is 0 Å². The van der Waals surface area contributed by atoms with Gasteiger partial charge in [0.25, 0.3) is 5.60 Å². The van der Waals surface area contributed by atoms with E-state index in [2.05, 4.69) is 15.0 Å². The lowest BCUT2D eigenvalue weighted by atomic mass is 9.93. The summed E-state index contributed by atoms with van der Waals surface area (Å²) >= 11 is 0. The van der Waals surface area contributed by atoms with Crippen LogP contribution in [0.25, 0.3) is 11.3 Å². The van der Waals surface area contributed by atoms with Crippen LogP contribution in [0.15, 0.2) is 64.9 Å². The maximum absolute atomic E-state index is 13.0. The standard InChI is InChI=1S/C18H12F6N4O3S/c19-17(20,21)16(29,18(22,23)24)11-2-4-13(26-8-11)10-1-6-15(28-7-10)32(30,31)12-3-5-14(25)27-9-12/h1-9,29H,(H2,25,27). The molecule has 0 aliphatic rings. The molecule has 170 valence electrons. The zero-order chi connectivity index (χ0) is 23.9. The summed E-state index contributed by atoms with van der Waals surface area (Å²) in [6, 6.07) is 6.03. The van der Waals surface area contributed by atoms with Gasteiger partial charge in [0.15, 0.2) is 5.03 Å². The van der Waals surface area contributed by atoms with Crippen molar-refractivity contribution in [2.24, 2.45) is 0 Å². The Morgan fingerprint density at radius 1 is 0.781 bits per heavy atom. The molecule has 0 spiro atoms. The summed E-state index contributed by atoms with van der Waals surface area (Å²) in [5, 5.41) is 9.00. The molecular weight excluding hydrogens is 466 g/mol. The third-order valence-corrected chi connectivity index (χ3v) is 6.03. The predicted molar refractivity (Wildman–Crippen MR) is 97.6 cm³/mol. The van der Waals surface area contributed by atoms with Gasteiger partial charge in [-0.3, -0.25) is 4.98 Å². The van der Waals surface area contributed by atoms with Crippen LogP contribution in [-0.4, -0.2) is 40.8 Å². The first-order chi connectivity index (χ1) is 14.7. The molecule has 0 unspecified atom stereocenters. The van der Waals surface area contributed by atoms with Gasteiger partial charge in [0.2, 0.25) is 9.84 Å². The number of rotatable bonds is 4. The average Bonchev–Trinajstić information content (AvgIpc) is 2.72. The van der Waals surface area contributed by atoms with Crippen molar-refractivity contribution in [2.75, 3.05) is 5.73 Å². The molecule has 0 amide bonds. The summed E-state index contributed by atoms with van der Waals surface area (Å²) in [6.07, 6.45) is -9.78. The predicted octanol–water partition coefficient (Wildman–Crippen LogP) is 3.27. The van der Waals surface area contributed by atoms with Gasteiger partial charge in [-0.15, -0.1) is 0 Å². The number of nitrogens with two attached hydrogens (primary N) is 1. The smallest absolute Gasteiger partial charge is 0.384 e. The SMILES string of the molecule is Nc1ccc(S(=O)(=O)c2ccc(-c3ccc(C(O)(C(F)(F)F)C(F)(F)F)cn3)cn2)cn1.